The minimum absolute atomic E-state index is 0.157. The van der Waals surface area contributed by atoms with Crippen LogP contribution in [0.1, 0.15) is 18.4 Å². The number of carbonyl (C=O) groups excluding carboxylic acids is 3. The van der Waals surface area contributed by atoms with Crippen LogP contribution in [0.15, 0.2) is 10.8 Å². The van der Waals surface area contributed by atoms with Crippen molar-refractivity contribution in [1.29, 1.82) is 0 Å². The van der Waals surface area contributed by atoms with Gasteiger partial charge in [0.25, 0.3) is 0 Å². The van der Waals surface area contributed by atoms with Crippen molar-refractivity contribution in [2.24, 2.45) is 0 Å². The van der Waals surface area contributed by atoms with E-state index in [4.69, 9.17) is 4.74 Å². The van der Waals surface area contributed by atoms with Gasteiger partial charge in [0.2, 0.25) is 17.7 Å². The number of hydrogen-bond acceptors (Lipinski definition) is 5. The molecule has 0 unspecified atom stereocenters. The molecule has 0 bridgehead atoms. The van der Waals surface area contributed by atoms with Crippen LogP contribution in [0, 0.1) is 0 Å². The molecule has 2 N–H and O–H groups in total. The van der Waals surface area contributed by atoms with E-state index in [9.17, 15) is 14.4 Å². The largest absolute Gasteiger partial charge is 0.496 e. The van der Waals surface area contributed by atoms with E-state index in [0.717, 1.165) is 5.56 Å². The average Bonchev–Trinajstić information content (AvgIpc) is 2.80. The first-order valence-corrected chi connectivity index (χ1v) is 6.76. The number of imide groups is 1. The zero-order chi connectivity index (χ0) is 13.8. The van der Waals surface area contributed by atoms with Crippen LogP contribution in [0.2, 0.25) is 0 Å². The van der Waals surface area contributed by atoms with Crippen LogP contribution in [0.5, 0.6) is 5.75 Å². The molecule has 7 heteroatoms. The number of hydrogen-bond donors (Lipinski definition) is 2. The summed E-state index contributed by atoms with van der Waals surface area (Å²) in [6.45, 7) is 0. The van der Waals surface area contributed by atoms with Gasteiger partial charge in [0.1, 0.15) is 11.8 Å². The molecule has 1 atom stereocenters. The van der Waals surface area contributed by atoms with E-state index in [1.165, 1.54) is 11.3 Å². The van der Waals surface area contributed by atoms with Gasteiger partial charge >= 0.3 is 0 Å². The van der Waals surface area contributed by atoms with Crippen molar-refractivity contribution in [2.75, 3.05) is 7.11 Å². The number of piperidine rings is 1. The van der Waals surface area contributed by atoms with Gasteiger partial charge in [-0.2, -0.15) is 0 Å². The lowest BCUT2D eigenvalue weighted by Gasteiger charge is -2.21. The summed E-state index contributed by atoms with van der Waals surface area (Å²) in [4.78, 5) is 34.3. The highest BCUT2D eigenvalue weighted by molar-refractivity contribution is 7.08. The topological polar surface area (TPSA) is 84.5 Å². The molecule has 0 aliphatic carbocycles. The van der Waals surface area contributed by atoms with Crippen molar-refractivity contribution < 1.29 is 19.1 Å². The van der Waals surface area contributed by atoms with E-state index in [-0.39, 0.29) is 24.7 Å². The standard InChI is InChI=1S/C12H14N2O4S/c1-18-9-6-19-5-7(9)4-11(16)13-8-2-3-10(15)14-12(8)17/h5-6,8H,2-4H2,1H3,(H,13,16)(H,14,15,17)/t8-/m1/s1. The third-order valence-electron chi connectivity index (χ3n) is 2.85. The van der Waals surface area contributed by atoms with Crippen LogP contribution in [0.3, 0.4) is 0 Å². The Bertz CT molecular complexity index is 512. The minimum Gasteiger partial charge on any atom is -0.496 e. The second-order valence-corrected chi connectivity index (χ2v) is 4.96. The van der Waals surface area contributed by atoms with Gasteiger partial charge in [0, 0.05) is 17.4 Å². The molecule has 0 aromatic carbocycles. The quantitative estimate of drug-likeness (QED) is 0.774. The molecule has 2 rings (SSSR count). The van der Waals surface area contributed by atoms with Crippen molar-refractivity contribution in [3.63, 3.8) is 0 Å². The summed E-state index contributed by atoms with van der Waals surface area (Å²) in [5.41, 5.74) is 0.789. The monoisotopic (exact) mass is 282 g/mol. The van der Waals surface area contributed by atoms with Gasteiger partial charge in [-0.25, -0.2) is 0 Å². The first-order chi connectivity index (χ1) is 9.10. The summed E-state index contributed by atoms with van der Waals surface area (Å²) in [6, 6.07) is -0.630. The fourth-order valence-electron chi connectivity index (χ4n) is 1.87. The summed E-state index contributed by atoms with van der Waals surface area (Å²) < 4.78 is 5.12. The molecule has 1 aliphatic heterocycles. The maximum absolute atomic E-state index is 11.8. The zero-order valence-electron chi connectivity index (χ0n) is 10.4. The number of carbonyl (C=O) groups is 3. The molecule has 1 saturated heterocycles. The van der Waals surface area contributed by atoms with E-state index >= 15 is 0 Å². The minimum atomic E-state index is -0.630. The SMILES string of the molecule is COc1cscc1CC(=O)N[C@@H]1CCC(=O)NC1=O. The number of thiophene rings is 1. The van der Waals surface area contributed by atoms with Gasteiger partial charge in [-0.15, -0.1) is 11.3 Å². The van der Waals surface area contributed by atoms with Gasteiger partial charge in [-0.05, 0) is 11.8 Å². The molecule has 19 heavy (non-hydrogen) atoms. The lowest BCUT2D eigenvalue weighted by atomic mass is 10.1. The molecule has 1 fully saturated rings. The second kappa shape index (κ2) is 5.83. The fraction of sp³-hybridized carbons (Fsp3) is 0.417. The molecular weight excluding hydrogens is 268 g/mol. The lowest BCUT2D eigenvalue weighted by molar-refractivity contribution is -0.137. The van der Waals surface area contributed by atoms with Crippen LogP contribution < -0.4 is 15.4 Å². The number of methoxy groups -OCH3 is 1. The Labute approximate surface area is 114 Å². The predicted molar refractivity (Wildman–Crippen MR) is 68.9 cm³/mol. The molecular formula is C12H14N2O4S. The van der Waals surface area contributed by atoms with Gasteiger partial charge < -0.3 is 10.1 Å². The predicted octanol–water partition coefficient (Wildman–Crippen LogP) is 0.221. The maximum atomic E-state index is 11.8. The van der Waals surface area contributed by atoms with E-state index in [0.29, 0.717) is 12.2 Å². The second-order valence-electron chi connectivity index (χ2n) is 4.21. The molecule has 3 amide bonds. The van der Waals surface area contributed by atoms with E-state index in [1.807, 2.05) is 10.8 Å². The van der Waals surface area contributed by atoms with Gasteiger partial charge in [0.15, 0.2) is 0 Å². The van der Waals surface area contributed by atoms with Crippen molar-refractivity contribution in [2.45, 2.75) is 25.3 Å². The molecule has 2 heterocycles. The maximum Gasteiger partial charge on any atom is 0.249 e. The number of rotatable bonds is 4. The fourth-order valence-corrected chi connectivity index (χ4v) is 2.67. The van der Waals surface area contributed by atoms with E-state index in [1.54, 1.807) is 7.11 Å². The molecule has 0 spiro atoms. The molecule has 1 aromatic rings. The van der Waals surface area contributed by atoms with Crippen LogP contribution in [-0.4, -0.2) is 30.9 Å². The van der Waals surface area contributed by atoms with Gasteiger partial charge in [-0.3, -0.25) is 19.7 Å². The molecule has 6 nitrogen and oxygen atoms in total. The zero-order valence-corrected chi connectivity index (χ0v) is 11.2. The Morgan fingerprint density at radius 1 is 1.53 bits per heavy atom. The summed E-state index contributed by atoms with van der Waals surface area (Å²) in [5.74, 6) is -0.327. The molecule has 0 saturated carbocycles. The highest BCUT2D eigenvalue weighted by atomic mass is 32.1. The third kappa shape index (κ3) is 3.31. The Morgan fingerprint density at radius 3 is 3.00 bits per heavy atom. The van der Waals surface area contributed by atoms with E-state index in [2.05, 4.69) is 10.6 Å². The summed E-state index contributed by atoms with van der Waals surface area (Å²) in [6.07, 6.45) is 0.750. The molecule has 1 aromatic heterocycles. The first-order valence-electron chi connectivity index (χ1n) is 5.82. The average molecular weight is 282 g/mol. The van der Waals surface area contributed by atoms with Crippen molar-refractivity contribution in [1.82, 2.24) is 10.6 Å². The number of ether oxygens (including phenoxy) is 1. The van der Waals surface area contributed by atoms with Crippen LogP contribution in [0.4, 0.5) is 0 Å². The normalized spacial score (nSPS) is 18.9. The Kier molecular flexibility index (Phi) is 4.16. The summed E-state index contributed by atoms with van der Waals surface area (Å²) >= 11 is 1.45. The molecule has 1 aliphatic rings. The lowest BCUT2D eigenvalue weighted by Crippen LogP contribution is -2.52. The number of nitrogens with one attached hydrogen (secondary N) is 2. The van der Waals surface area contributed by atoms with Crippen molar-refractivity contribution >= 4 is 29.1 Å². The van der Waals surface area contributed by atoms with Crippen molar-refractivity contribution in [3.8, 4) is 5.75 Å². The Hall–Kier alpha value is -1.89. The van der Waals surface area contributed by atoms with E-state index < -0.39 is 11.9 Å². The molecule has 102 valence electrons. The first kappa shape index (κ1) is 13.5. The van der Waals surface area contributed by atoms with Crippen LogP contribution in [-0.2, 0) is 20.8 Å². The summed E-state index contributed by atoms with van der Waals surface area (Å²) in [7, 11) is 1.55. The highest BCUT2D eigenvalue weighted by Gasteiger charge is 2.27. The Morgan fingerprint density at radius 2 is 2.32 bits per heavy atom. The summed E-state index contributed by atoms with van der Waals surface area (Å²) in [5, 5.41) is 8.48. The smallest absolute Gasteiger partial charge is 0.249 e. The van der Waals surface area contributed by atoms with Crippen molar-refractivity contribution in [3.05, 3.63) is 16.3 Å². The number of amides is 3. The highest BCUT2D eigenvalue weighted by Crippen LogP contribution is 2.23. The Balaban J connectivity index is 1.91. The van der Waals surface area contributed by atoms with Crippen LogP contribution in [0.25, 0.3) is 0 Å². The molecule has 0 radical (unpaired) electrons. The van der Waals surface area contributed by atoms with Crippen LogP contribution >= 0.6 is 11.3 Å². The van der Waals surface area contributed by atoms with Gasteiger partial charge in [0.05, 0.1) is 13.5 Å². The third-order valence-corrected chi connectivity index (χ3v) is 3.62. The van der Waals surface area contributed by atoms with Gasteiger partial charge in [-0.1, -0.05) is 0 Å².